The van der Waals surface area contributed by atoms with Crippen LogP contribution in [-0.2, 0) is 0 Å². The maximum Gasteiger partial charge on any atom is 0.0572 e. The monoisotopic (exact) mass is 267 g/mol. The molecule has 0 saturated heterocycles. The Hall–Kier alpha value is 0.430. The number of hydrogen-bond acceptors (Lipinski definition) is 2. The number of halogens is 2. The summed E-state index contributed by atoms with van der Waals surface area (Å²) in [5.74, 6) is 0.639. The van der Waals surface area contributed by atoms with Crippen molar-refractivity contribution in [3.05, 3.63) is 20.8 Å². The van der Waals surface area contributed by atoms with E-state index in [9.17, 15) is 0 Å². The summed E-state index contributed by atoms with van der Waals surface area (Å²) in [5, 5.41) is 2.08. The molecular weight excluding hydrogens is 258 g/mol. The molecule has 1 aromatic heterocycles. The minimum atomic E-state index is 0.336. The topological polar surface area (TPSA) is 3.24 Å². The highest BCUT2D eigenvalue weighted by Gasteiger charge is 2.14. The van der Waals surface area contributed by atoms with Gasteiger partial charge in [0, 0.05) is 20.6 Å². The van der Waals surface area contributed by atoms with Crippen molar-refractivity contribution in [3.8, 4) is 0 Å². The van der Waals surface area contributed by atoms with Crippen LogP contribution in [0.15, 0.2) is 15.9 Å². The van der Waals surface area contributed by atoms with Gasteiger partial charge in [0.15, 0.2) is 0 Å². The van der Waals surface area contributed by atoms with E-state index in [1.54, 1.807) is 11.3 Å². The number of thiophene rings is 1. The van der Waals surface area contributed by atoms with Gasteiger partial charge in [-0.3, -0.25) is 0 Å². The van der Waals surface area contributed by atoms with Crippen molar-refractivity contribution in [3.63, 3.8) is 0 Å². The Morgan fingerprint density at radius 2 is 2.33 bits per heavy atom. The summed E-state index contributed by atoms with van der Waals surface area (Å²) in [5.41, 5.74) is 0. The minimum Gasteiger partial charge on any atom is -0.301 e. The zero-order valence-corrected chi connectivity index (χ0v) is 10.2. The molecule has 12 heavy (non-hydrogen) atoms. The van der Waals surface area contributed by atoms with Crippen LogP contribution in [0.3, 0.4) is 0 Å². The van der Waals surface area contributed by atoms with Gasteiger partial charge in [-0.25, -0.2) is 0 Å². The van der Waals surface area contributed by atoms with Gasteiger partial charge in [-0.2, -0.15) is 0 Å². The fourth-order valence-electron chi connectivity index (χ4n) is 0.972. The Balaban J connectivity index is 2.80. The molecule has 0 aliphatic heterocycles. The summed E-state index contributed by atoms with van der Waals surface area (Å²) < 4.78 is 1.14. The molecule has 4 heteroatoms. The van der Waals surface area contributed by atoms with E-state index < -0.39 is 0 Å². The van der Waals surface area contributed by atoms with Gasteiger partial charge in [0.1, 0.15) is 0 Å². The first kappa shape index (κ1) is 10.5. The molecule has 1 rings (SSSR count). The molecular formula is C8H11BrClNS. The first-order chi connectivity index (χ1) is 5.65. The third-order valence-corrected chi connectivity index (χ3v) is 3.77. The van der Waals surface area contributed by atoms with Crippen molar-refractivity contribution in [2.24, 2.45) is 0 Å². The molecule has 0 spiro atoms. The van der Waals surface area contributed by atoms with Crippen LogP contribution in [0.5, 0.6) is 0 Å². The van der Waals surface area contributed by atoms with Gasteiger partial charge in [0.2, 0.25) is 0 Å². The SMILES string of the molecule is CN(C)C(CCl)c1cc(Br)cs1. The highest BCUT2D eigenvalue weighted by Crippen LogP contribution is 2.28. The van der Waals surface area contributed by atoms with Crippen molar-refractivity contribution >= 4 is 38.9 Å². The van der Waals surface area contributed by atoms with Crippen molar-refractivity contribution < 1.29 is 0 Å². The number of hydrogen-bond donors (Lipinski definition) is 0. The molecule has 0 saturated carbocycles. The molecule has 68 valence electrons. The molecule has 0 N–H and O–H groups in total. The second-order valence-corrected chi connectivity index (χ2v) is 4.97. The summed E-state index contributed by atoms with van der Waals surface area (Å²) >= 11 is 11.0. The fraction of sp³-hybridized carbons (Fsp3) is 0.500. The molecule has 1 aromatic rings. The molecule has 1 atom stereocenters. The quantitative estimate of drug-likeness (QED) is 0.760. The van der Waals surface area contributed by atoms with E-state index in [0.717, 1.165) is 4.47 Å². The van der Waals surface area contributed by atoms with Gasteiger partial charge < -0.3 is 4.90 Å². The maximum atomic E-state index is 5.86. The normalized spacial score (nSPS) is 13.8. The lowest BCUT2D eigenvalue weighted by Crippen LogP contribution is -2.20. The lowest BCUT2D eigenvalue weighted by Gasteiger charge is -2.20. The summed E-state index contributed by atoms with van der Waals surface area (Å²) in [7, 11) is 4.08. The highest BCUT2D eigenvalue weighted by atomic mass is 79.9. The lowest BCUT2D eigenvalue weighted by molar-refractivity contribution is 0.329. The van der Waals surface area contributed by atoms with Crippen LogP contribution in [0, 0.1) is 0 Å². The van der Waals surface area contributed by atoms with Gasteiger partial charge in [-0.1, -0.05) is 0 Å². The van der Waals surface area contributed by atoms with Gasteiger partial charge in [0.05, 0.1) is 6.04 Å². The Kier molecular flexibility index (Phi) is 4.03. The number of alkyl halides is 1. The van der Waals surface area contributed by atoms with Crippen LogP contribution < -0.4 is 0 Å². The second-order valence-electron chi connectivity index (χ2n) is 2.80. The molecule has 0 aliphatic carbocycles. The van der Waals surface area contributed by atoms with Crippen molar-refractivity contribution in [1.29, 1.82) is 0 Å². The zero-order chi connectivity index (χ0) is 9.14. The van der Waals surface area contributed by atoms with Gasteiger partial charge in [-0.05, 0) is 36.1 Å². The van der Waals surface area contributed by atoms with E-state index in [2.05, 4.69) is 32.3 Å². The maximum absolute atomic E-state index is 5.86. The van der Waals surface area contributed by atoms with Crippen LogP contribution in [0.2, 0.25) is 0 Å². The zero-order valence-electron chi connectivity index (χ0n) is 7.05. The molecule has 0 radical (unpaired) electrons. The Labute approximate surface area is 90.5 Å². The number of rotatable bonds is 3. The van der Waals surface area contributed by atoms with Crippen LogP contribution in [0.1, 0.15) is 10.9 Å². The van der Waals surface area contributed by atoms with Crippen molar-refractivity contribution in [2.75, 3.05) is 20.0 Å². The first-order valence-corrected chi connectivity index (χ1v) is 5.82. The summed E-state index contributed by atoms with van der Waals surface area (Å²) in [6.07, 6.45) is 0. The molecule has 0 aromatic carbocycles. The Bertz CT molecular complexity index is 249. The molecule has 1 nitrogen and oxygen atoms in total. The molecule has 1 unspecified atom stereocenters. The molecule has 0 aliphatic rings. The third-order valence-electron chi connectivity index (χ3n) is 1.69. The van der Waals surface area contributed by atoms with E-state index in [-0.39, 0.29) is 0 Å². The van der Waals surface area contributed by atoms with Crippen LogP contribution >= 0.6 is 38.9 Å². The first-order valence-electron chi connectivity index (χ1n) is 3.61. The van der Waals surface area contributed by atoms with Gasteiger partial charge >= 0.3 is 0 Å². The highest BCUT2D eigenvalue weighted by molar-refractivity contribution is 9.10. The molecule has 0 bridgehead atoms. The largest absolute Gasteiger partial charge is 0.301 e. The average molecular weight is 269 g/mol. The van der Waals surface area contributed by atoms with Crippen LogP contribution in [-0.4, -0.2) is 24.9 Å². The summed E-state index contributed by atoms with van der Waals surface area (Å²) in [6, 6.07) is 2.46. The van der Waals surface area contributed by atoms with E-state index in [1.807, 2.05) is 14.1 Å². The second kappa shape index (κ2) is 4.61. The minimum absolute atomic E-state index is 0.336. The van der Waals surface area contributed by atoms with Crippen molar-refractivity contribution in [1.82, 2.24) is 4.90 Å². The Morgan fingerprint density at radius 1 is 1.67 bits per heavy atom. The van der Waals surface area contributed by atoms with Gasteiger partial charge in [-0.15, -0.1) is 22.9 Å². The van der Waals surface area contributed by atoms with Crippen molar-refractivity contribution in [2.45, 2.75) is 6.04 Å². The average Bonchev–Trinajstić information content (AvgIpc) is 2.37. The lowest BCUT2D eigenvalue weighted by atomic mass is 10.2. The predicted molar refractivity (Wildman–Crippen MR) is 59.2 cm³/mol. The standard InChI is InChI=1S/C8H11BrClNS/c1-11(2)7(4-10)8-3-6(9)5-12-8/h3,5,7H,4H2,1-2H3. The van der Waals surface area contributed by atoms with Crippen LogP contribution in [0.4, 0.5) is 0 Å². The van der Waals surface area contributed by atoms with E-state index in [4.69, 9.17) is 11.6 Å². The number of nitrogens with zero attached hydrogens (tertiary/aromatic N) is 1. The molecule has 0 amide bonds. The molecule has 0 fully saturated rings. The third kappa shape index (κ3) is 2.46. The fourth-order valence-corrected chi connectivity index (χ4v) is 3.15. The summed E-state index contributed by atoms with van der Waals surface area (Å²) in [4.78, 5) is 3.44. The smallest absolute Gasteiger partial charge is 0.0572 e. The predicted octanol–water partition coefficient (Wildman–Crippen LogP) is 3.35. The van der Waals surface area contributed by atoms with Gasteiger partial charge in [0.25, 0.3) is 0 Å². The van der Waals surface area contributed by atoms with Crippen LogP contribution in [0.25, 0.3) is 0 Å². The Morgan fingerprint density at radius 3 is 2.67 bits per heavy atom. The summed E-state index contributed by atoms with van der Waals surface area (Å²) in [6.45, 7) is 0. The van der Waals surface area contributed by atoms with E-state index in [1.165, 1.54) is 4.88 Å². The van der Waals surface area contributed by atoms with E-state index in [0.29, 0.717) is 11.9 Å². The molecule has 1 heterocycles. The van der Waals surface area contributed by atoms with E-state index >= 15 is 0 Å².